The molecule has 1 atom stereocenters. The lowest BCUT2D eigenvalue weighted by Crippen LogP contribution is -2.53. The number of piperidine rings is 1. The summed E-state index contributed by atoms with van der Waals surface area (Å²) in [4.78, 5) is 32.5. The third-order valence-corrected chi connectivity index (χ3v) is 6.92. The summed E-state index contributed by atoms with van der Waals surface area (Å²) in [6, 6.07) is 11.9. The molecule has 1 unspecified atom stereocenters. The largest absolute Gasteiger partial charge is 0.449 e. The van der Waals surface area contributed by atoms with Crippen LogP contribution in [0.4, 0.5) is 21.9 Å². The molecule has 2 aromatic rings. The molecule has 0 aliphatic carbocycles. The van der Waals surface area contributed by atoms with Crippen LogP contribution in [0.2, 0.25) is 0 Å². The predicted molar refractivity (Wildman–Crippen MR) is 134 cm³/mol. The zero-order valence-electron chi connectivity index (χ0n) is 20.3. The van der Waals surface area contributed by atoms with Crippen LogP contribution >= 0.6 is 0 Å². The van der Waals surface area contributed by atoms with Crippen LogP contribution in [0.1, 0.15) is 61.0 Å². The fourth-order valence-corrected chi connectivity index (χ4v) is 4.85. The highest BCUT2D eigenvalue weighted by atomic mass is 16.6. The van der Waals surface area contributed by atoms with E-state index < -0.39 is 0 Å². The normalized spacial score (nSPS) is 18.2. The zero-order chi connectivity index (χ0) is 23.5. The minimum absolute atomic E-state index is 0.0355. The number of hydrogen-bond donors (Lipinski definition) is 0. The van der Waals surface area contributed by atoms with Gasteiger partial charge in [-0.05, 0) is 94.0 Å². The Balaban J connectivity index is 1.68. The van der Waals surface area contributed by atoms with E-state index in [2.05, 4.69) is 17.0 Å². The summed E-state index contributed by atoms with van der Waals surface area (Å²) in [6.45, 7) is 10.8. The molecule has 4 rings (SSSR count). The molecule has 0 radical (unpaired) electrons. The highest BCUT2D eigenvalue weighted by Crippen LogP contribution is 2.39. The van der Waals surface area contributed by atoms with E-state index in [1.54, 1.807) is 4.90 Å². The molecule has 0 N–H and O–H groups in total. The van der Waals surface area contributed by atoms with Gasteiger partial charge in [-0.1, -0.05) is 6.92 Å². The number of nitrogens with zero attached hydrogens (tertiary/aromatic N) is 3. The van der Waals surface area contributed by atoms with Crippen molar-refractivity contribution in [1.82, 2.24) is 0 Å². The standard InChI is InChI=1S/C27H35N3O3/c1-5-22-18-29(24-16-19(3)20(4)17-25(24)30(22)27(32)33-6-2)26(31)21-10-12-23(13-11-21)28-14-8-7-9-15-28/h10-13,16-17,22H,5-9,14-15,18H2,1-4H3. The van der Waals surface area contributed by atoms with Crippen molar-refractivity contribution < 1.29 is 14.3 Å². The Morgan fingerprint density at radius 3 is 2.18 bits per heavy atom. The Bertz CT molecular complexity index is 1010. The number of carbonyl (C=O) groups excluding carboxylic acids is 2. The topological polar surface area (TPSA) is 53.1 Å². The zero-order valence-corrected chi connectivity index (χ0v) is 20.3. The Morgan fingerprint density at radius 2 is 1.58 bits per heavy atom. The molecule has 2 aliphatic rings. The molecule has 0 saturated carbocycles. The van der Waals surface area contributed by atoms with Crippen molar-refractivity contribution in [2.24, 2.45) is 0 Å². The van der Waals surface area contributed by atoms with Gasteiger partial charge in [-0.2, -0.15) is 0 Å². The quantitative estimate of drug-likeness (QED) is 0.601. The molecule has 2 aromatic carbocycles. The van der Waals surface area contributed by atoms with Crippen LogP contribution in [0, 0.1) is 13.8 Å². The van der Waals surface area contributed by atoms with E-state index in [-0.39, 0.29) is 18.0 Å². The van der Waals surface area contributed by atoms with Crippen molar-refractivity contribution >= 4 is 29.1 Å². The summed E-state index contributed by atoms with van der Waals surface area (Å²) in [7, 11) is 0. The van der Waals surface area contributed by atoms with Crippen LogP contribution in [-0.4, -0.2) is 44.3 Å². The number of ether oxygens (including phenoxy) is 1. The van der Waals surface area contributed by atoms with E-state index in [4.69, 9.17) is 4.74 Å². The van der Waals surface area contributed by atoms with Gasteiger partial charge in [-0.15, -0.1) is 0 Å². The SMILES string of the molecule is CCOC(=O)N1c2cc(C)c(C)cc2N(C(=O)c2ccc(N3CCCCC3)cc2)CC1CC. The summed E-state index contributed by atoms with van der Waals surface area (Å²) in [5.74, 6) is -0.0355. The van der Waals surface area contributed by atoms with E-state index >= 15 is 0 Å². The number of anilines is 3. The van der Waals surface area contributed by atoms with Gasteiger partial charge < -0.3 is 14.5 Å². The maximum absolute atomic E-state index is 13.7. The van der Waals surface area contributed by atoms with Gasteiger partial charge in [0, 0.05) is 30.9 Å². The molecule has 2 heterocycles. The smallest absolute Gasteiger partial charge is 0.414 e. The van der Waals surface area contributed by atoms with Gasteiger partial charge in [0.05, 0.1) is 24.0 Å². The van der Waals surface area contributed by atoms with E-state index in [0.717, 1.165) is 42.0 Å². The summed E-state index contributed by atoms with van der Waals surface area (Å²) in [6.07, 6.45) is 4.11. The van der Waals surface area contributed by atoms with Crippen molar-refractivity contribution in [3.05, 3.63) is 53.1 Å². The summed E-state index contributed by atoms with van der Waals surface area (Å²) in [5, 5.41) is 0. The monoisotopic (exact) mass is 449 g/mol. The second-order valence-electron chi connectivity index (χ2n) is 9.07. The van der Waals surface area contributed by atoms with Crippen LogP contribution in [0.3, 0.4) is 0 Å². The van der Waals surface area contributed by atoms with Gasteiger partial charge >= 0.3 is 6.09 Å². The number of aryl methyl sites for hydroxylation is 2. The van der Waals surface area contributed by atoms with Crippen molar-refractivity contribution in [2.75, 3.05) is 40.9 Å². The van der Waals surface area contributed by atoms with Crippen LogP contribution in [0.25, 0.3) is 0 Å². The van der Waals surface area contributed by atoms with Gasteiger partial charge in [-0.25, -0.2) is 4.79 Å². The fourth-order valence-electron chi connectivity index (χ4n) is 4.85. The second kappa shape index (κ2) is 9.86. The lowest BCUT2D eigenvalue weighted by molar-refractivity contribution is 0.0981. The molecule has 176 valence electrons. The molecule has 0 spiro atoms. The van der Waals surface area contributed by atoms with E-state index in [9.17, 15) is 9.59 Å². The second-order valence-corrected chi connectivity index (χ2v) is 9.07. The molecule has 2 aliphatic heterocycles. The summed E-state index contributed by atoms with van der Waals surface area (Å²) in [5.41, 5.74) is 5.52. The molecule has 33 heavy (non-hydrogen) atoms. The third kappa shape index (κ3) is 4.56. The van der Waals surface area contributed by atoms with Gasteiger partial charge in [0.25, 0.3) is 5.91 Å². The molecular weight excluding hydrogens is 414 g/mol. The van der Waals surface area contributed by atoms with Crippen molar-refractivity contribution in [3.63, 3.8) is 0 Å². The average molecular weight is 450 g/mol. The van der Waals surface area contributed by atoms with E-state index in [0.29, 0.717) is 18.7 Å². The maximum atomic E-state index is 13.7. The fraction of sp³-hybridized carbons (Fsp3) is 0.481. The molecular formula is C27H35N3O3. The molecule has 1 fully saturated rings. The Hall–Kier alpha value is -3.02. The van der Waals surface area contributed by atoms with Crippen molar-refractivity contribution in [3.8, 4) is 0 Å². The first-order chi connectivity index (χ1) is 15.9. The molecule has 2 amide bonds. The molecule has 6 heteroatoms. The lowest BCUT2D eigenvalue weighted by Gasteiger charge is -2.42. The number of fused-ring (bicyclic) bond motifs is 1. The van der Waals surface area contributed by atoms with Crippen LogP contribution < -0.4 is 14.7 Å². The first kappa shape index (κ1) is 23.1. The molecule has 0 bridgehead atoms. The highest BCUT2D eigenvalue weighted by molar-refractivity contribution is 6.10. The van der Waals surface area contributed by atoms with Gasteiger partial charge in [0.15, 0.2) is 0 Å². The molecule has 1 saturated heterocycles. The summed E-state index contributed by atoms with van der Waals surface area (Å²) < 4.78 is 5.37. The average Bonchev–Trinajstić information content (AvgIpc) is 2.84. The maximum Gasteiger partial charge on any atom is 0.414 e. The number of carbonyl (C=O) groups is 2. The van der Waals surface area contributed by atoms with Gasteiger partial charge in [0.2, 0.25) is 0 Å². The Morgan fingerprint density at radius 1 is 0.939 bits per heavy atom. The van der Waals surface area contributed by atoms with E-state index in [1.807, 2.05) is 56.9 Å². The number of amides is 2. The number of benzene rings is 2. The lowest BCUT2D eigenvalue weighted by atomic mass is 9.99. The van der Waals surface area contributed by atoms with Crippen LogP contribution in [0.15, 0.2) is 36.4 Å². The highest BCUT2D eigenvalue weighted by Gasteiger charge is 2.37. The van der Waals surface area contributed by atoms with Crippen molar-refractivity contribution in [1.29, 1.82) is 0 Å². The van der Waals surface area contributed by atoms with Crippen LogP contribution in [0.5, 0.6) is 0 Å². The van der Waals surface area contributed by atoms with Crippen molar-refractivity contribution in [2.45, 2.75) is 59.4 Å². The van der Waals surface area contributed by atoms with E-state index in [1.165, 1.54) is 24.9 Å². The van der Waals surface area contributed by atoms with Gasteiger partial charge in [-0.3, -0.25) is 9.69 Å². The molecule has 0 aromatic heterocycles. The number of rotatable bonds is 4. The van der Waals surface area contributed by atoms with Gasteiger partial charge in [0.1, 0.15) is 0 Å². The Labute approximate surface area is 197 Å². The summed E-state index contributed by atoms with van der Waals surface area (Å²) >= 11 is 0. The first-order valence-corrected chi connectivity index (χ1v) is 12.2. The first-order valence-electron chi connectivity index (χ1n) is 12.2. The predicted octanol–water partition coefficient (Wildman–Crippen LogP) is 5.70. The minimum Gasteiger partial charge on any atom is -0.449 e. The van der Waals surface area contributed by atoms with Crippen LogP contribution in [-0.2, 0) is 4.74 Å². The molecule has 6 nitrogen and oxygen atoms in total. The third-order valence-electron chi connectivity index (χ3n) is 6.92. The number of hydrogen-bond acceptors (Lipinski definition) is 4. The Kier molecular flexibility index (Phi) is 6.91. The minimum atomic E-state index is -0.355.